The molecule has 1 saturated carbocycles. The molecule has 1 aromatic rings. The summed E-state index contributed by atoms with van der Waals surface area (Å²) < 4.78 is 39.3. The number of nitrogens with zero attached hydrogens (tertiary/aromatic N) is 1. The van der Waals surface area contributed by atoms with Crippen LogP contribution in [0.1, 0.15) is 41.9 Å². The summed E-state index contributed by atoms with van der Waals surface area (Å²) in [7, 11) is 0. The highest BCUT2D eigenvalue weighted by atomic mass is 18.2. The average Bonchev–Trinajstić information content (AvgIpc) is 3.39. The summed E-state index contributed by atoms with van der Waals surface area (Å²) in [6, 6.07) is 4.09. The summed E-state index contributed by atoms with van der Waals surface area (Å²) in [5.41, 5.74) is -0.497. The van der Waals surface area contributed by atoms with Crippen molar-refractivity contribution in [2.45, 2.75) is 51.7 Å². The Labute approximate surface area is 160 Å². The minimum atomic E-state index is -3.68. The molecule has 0 bridgehead atoms. The molecular weight excluding hydrogens is 356 g/mol. The normalized spacial score (nSPS) is 16.9. The molecule has 0 aliphatic heterocycles. The zero-order chi connectivity index (χ0) is 21.8. The Morgan fingerprint density at radius 2 is 1.96 bits per heavy atom. The van der Waals surface area contributed by atoms with E-state index in [1.54, 1.807) is 20.8 Å². The van der Waals surface area contributed by atoms with Gasteiger partial charge in [-0.05, 0) is 57.2 Å². The molecule has 1 aliphatic carbocycles. The third-order valence-electron chi connectivity index (χ3n) is 3.72. The smallest absolute Gasteiger partial charge is 0.508 e. The number of alkyl halides is 1. The lowest BCUT2D eigenvalue weighted by atomic mass is 10.1. The monoisotopic (exact) mass is 384 g/mol. The number of rotatable bonds is 8. The van der Waals surface area contributed by atoms with Gasteiger partial charge in [0, 0.05) is 6.42 Å². The molecule has 1 aliphatic rings. The van der Waals surface area contributed by atoms with Gasteiger partial charge in [-0.1, -0.05) is 17.2 Å². The molecular formula is C19H26FNO6. The second kappa shape index (κ2) is 9.03. The molecule has 7 nitrogen and oxygen atoms in total. The first kappa shape index (κ1) is 18.0. The molecule has 1 N–H and O–H groups in total. The molecule has 0 spiro atoms. The lowest BCUT2D eigenvalue weighted by molar-refractivity contribution is -0.199. The van der Waals surface area contributed by atoms with Gasteiger partial charge in [-0.25, -0.2) is 9.18 Å². The van der Waals surface area contributed by atoms with Gasteiger partial charge in [0.05, 0.1) is 9.35 Å². The van der Waals surface area contributed by atoms with Gasteiger partial charge in [0.25, 0.3) is 0 Å². The van der Waals surface area contributed by atoms with E-state index in [1.807, 2.05) is 0 Å². The van der Waals surface area contributed by atoms with Crippen LogP contribution >= 0.6 is 0 Å². The summed E-state index contributed by atoms with van der Waals surface area (Å²) >= 11 is 0. The summed E-state index contributed by atoms with van der Waals surface area (Å²) in [6.45, 7) is 1.11. The van der Waals surface area contributed by atoms with Gasteiger partial charge in [0.1, 0.15) is 11.4 Å². The fourth-order valence-electron chi connectivity index (χ4n) is 2.19. The van der Waals surface area contributed by atoms with Crippen molar-refractivity contribution in [1.82, 2.24) is 5.06 Å². The van der Waals surface area contributed by atoms with Crippen LogP contribution in [-0.2, 0) is 25.5 Å². The van der Waals surface area contributed by atoms with Crippen LogP contribution in [0.3, 0.4) is 0 Å². The van der Waals surface area contributed by atoms with Crippen molar-refractivity contribution in [3.63, 3.8) is 0 Å². The SMILES string of the molecule is [2H]C([2H])([18F])N(OC(=O)OC(C)(C)C)[C@H](Cc1ccc(O)cc1)C(=O)OCC1CC1. The van der Waals surface area contributed by atoms with E-state index in [0.717, 1.165) is 12.8 Å². The number of aromatic hydroxyl groups is 1. The molecule has 2 rings (SSSR count). The van der Waals surface area contributed by atoms with Crippen molar-refractivity contribution < 1.29 is 36.1 Å². The highest BCUT2D eigenvalue weighted by Gasteiger charge is 2.34. The van der Waals surface area contributed by atoms with Gasteiger partial charge in [0.2, 0.25) is 0 Å². The van der Waals surface area contributed by atoms with Crippen molar-refractivity contribution in [2.24, 2.45) is 5.92 Å². The van der Waals surface area contributed by atoms with Crippen LogP contribution in [-0.4, -0.2) is 47.3 Å². The lowest BCUT2D eigenvalue weighted by Crippen LogP contribution is -2.45. The van der Waals surface area contributed by atoms with Gasteiger partial charge in [0.15, 0.2) is 12.8 Å². The number of hydrogen-bond acceptors (Lipinski definition) is 7. The molecule has 0 unspecified atom stereocenters. The predicted octanol–water partition coefficient (Wildman–Crippen LogP) is 3.35. The highest BCUT2D eigenvalue weighted by molar-refractivity contribution is 5.76. The first-order chi connectivity index (χ1) is 13.3. The molecule has 0 radical (unpaired) electrons. The standard InChI is InChI=1S/C19H26FNO6/c1-19(2,3)26-18(24)27-21(12-20)16(17(23)25-11-14-4-5-14)10-13-6-8-15(22)9-7-13/h6-9,14,16,22H,4-5,10-12H2,1-3H3/t16-/m1/s1/i12D2,20-1. The van der Waals surface area contributed by atoms with Crippen LogP contribution < -0.4 is 0 Å². The number of ether oxygens (including phenoxy) is 2. The van der Waals surface area contributed by atoms with Crippen molar-refractivity contribution >= 4 is 12.1 Å². The zero-order valence-electron chi connectivity index (χ0n) is 17.6. The van der Waals surface area contributed by atoms with Crippen molar-refractivity contribution in [3.8, 4) is 5.75 Å². The van der Waals surface area contributed by atoms with Gasteiger partial charge in [-0.3, -0.25) is 4.79 Å². The van der Waals surface area contributed by atoms with Crippen LogP contribution in [0.15, 0.2) is 24.3 Å². The van der Waals surface area contributed by atoms with Crippen molar-refractivity contribution in [3.05, 3.63) is 29.8 Å². The maximum absolute atomic E-state index is 14.3. The van der Waals surface area contributed by atoms with E-state index in [9.17, 15) is 19.1 Å². The number of hydroxylamine groups is 2. The second-order valence-electron chi connectivity index (χ2n) is 7.43. The minimum absolute atomic E-state index is 0.00991. The Morgan fingerprint density at radius 3 is 2.48 bits per heavy atom. The first-order valence-corrected chi connectivity index (χ1v) is 8.69. The number of hydrogen-bond donors (Lipinski definition) is 1. The maximum Gasteiger partial charge on any atom is 0.528 e. The summed E-state index contributed by atoms with van der Waals surface area (Å²) in [5.74, 6) is -0.713. The van der Waals surface area contributed by atoms with E-state index in [1.165, 1.54) is 24.3 Å². The summed E-state index contributed by atoms with van der Waals surface area (Å²) in [6.07, 6.45) is 0.246. The number of carbonyl (C=O) groups excluding carboxylic acids is 2. The number of halogens is 1. The molecule has 1 aromatic carbocycles. The fourth-order valence-corrected chi connectivity index (χ4v) is 2.19. The van der Waals surface area contributed by atoms with E-state index in [2.05, 4.69) is 0 Å². The van der Waals surface area contributed by atoms with Gasteiger partial charge >= 0.3 is 12.1 Å². The van der Waals surface area contributed by atoms with Crippen LogP contribution in [0.2, 0.25) is 0 Å². The van der Waals surface area contributed by atoms with Gasteiger partial charge < -0.3 is 19.4 Å². The quantitative estimate of drug-likeness (QED) is 0.418. The molecule has 0 aromatic heterocycles. The molecule has 0 amide bonds. The predicted molar refractivity (Wildman–Crippen MR) is 94.4 cm³/mol. The Balaban J connectivity index is 2.24. The lowest BCUT2D eigenvalue weighted by Gasteiger charge is -2.27. The Bertz CT molecular complexity index is 713. The Hall–Kier alpha value is -2.35. The van der Waals surface area contributed by atoms with Crippen LogP contribution in [0.5, 0.6) is 5.75 Å². The number of phenolic OH excluding ortho intramolecular Hbond substituents is 1. The van der Waals surface area contributed by atoms with E-state index < -0.39 is 30.5 Å². The third kappa shape index (κ3) is 7.42. The largest absolute Gasteiger partial charge is 0.528 e. The average molecular weight is 384 g/mol. The first-order valence-electron chi connectivity index (χ1n) is 9.69. The van der Waals surface area contributed by atoms with Crippen LogP contribution in [0, 0.1) is 5.92 Å². The van der Waals surface area contributed by atoms with E-state index in [0.29, 0.717) is 5.56 Å². The molecule has 1 fully saturated rings. The Morgan fingerprint density at radius 1 is 1.33 bits per heavy atom. The fraction of sp³-hybridized carbons (Fsp3) is 0.579. The number of phenols is 1. The maximum atomic E-state index is 14.3. The molecule has 1 atom stereocenters. The number of benzene rings is 1. The summed E-state index contributed by atoms with van der Waals surface area (Å²) in [4.78, 5) is 29.4. The van der Waals surface area contributed by atoms with E-state index in [-0.39, 0.29) is 29.8 Å². The minimum Gasteiger partial charge on any atom is -0.508 e. The molecule has 150 valence electrons. The zero-order valence-corrected chi connectivity index (χ0v) is 15.6. The van der Waals surface area contributed by atoms with E-state index >= 15 is 0 Å². The van der Waals surface area contributed by atoms with Crippen molar-refractivity contribution in [2.75, 3.05) is 13.4 Å². The van der Waals surface area contributed by atoms with Crippen LogP contribution in [0.4, 0.5) is 9.18 Å². The highest BCUT2D eigenvalue weighted by Crippen LogP contribution is 2.29. The van der Waals surface area contributed by atoms with Gasteiger partial charge in [-0.2, -0.15) is 0 Å². The molecule has 0 heterocycles. The topological polar surface area (TPSA) is 85.3 Å². The van der Waals surface area contributed by atoms with Crippen molar-refractivity contribution in [1.29, 1.82) is 0 Å². The number of esters is 1. The van der Waals surface area contributed by atoms with E-state index in [4.69, 9.17) is 17.1 Å². The molecule has 27 heavy (non-hydrogen) atoms. The second-order valence-corrected chi connectivity index (χ2v) is 7.43. The summed E-state index contributed by atoms with van der Waals surface area (Å²) in [5, 5.41) is 9.43. The van der Waals surface area contributed by atoms with Gasteiger partial charge in [-0.15, -0.1) is 0 Å². The third-order valence-corrected chi connectivity index (χ3v) is 3.72. The number of carbonyl (C=O) groups is 2. The molecule has 8 heteroatoms. The molecule has 0 saturated heterocycles. The van der Waals surface area contributed by atoms with Crippen LogP contribution in [0.25, 0.3) is 0 Å². The Kier molecular flexibility index (Phi) is 6.03.